The maximum atomic E-state index is 12.5. The van der Waals surface area contributed by atoms with Crippen molar-refractivity contribution in [1.29, 1.82) is 0 Å². The maximum absolute atomic E-state index is 12.5. The summed E-state index contributed by atoms with van der Waals surface area (Å²) in [5.74, 6) is 1.14. The number of hydrogen-bond donors (Lipinski definition) is 1. The van der Waals surface area contributed by atoms with Gasteiger partial charge in [0, 0.05) is 12.5 Å². The molecule has 6 heteroatoms. The summed E-state index contributed by atoms with van der Waals surface area (Å²) >= 11 is 0. The summed E-state index contributed by atoms with van der Waals surface area (Å²) < 4.78 is 17.2. The fourth-order valence-corrected chi connectivity index (χ4v) is 2.89. The summed E-state index contributed by atoms with van der Waals surface area (Å²) in [5, 5.41) is 0.432. The second-order valence-corrected chi connectivity index (χ2v) is 6.26. The van der Waals surface area contributed by atoms with Gasteiger partial charge in [0.25, 0.3) is 0 Å². The van der Waals surface area contributed by atoms with Crippen LogP contribution in [0.5, 0.6) is 0 Å². The topological polar surface area (TPSA) is 87.1 Å². The average Bonchev–Trinajstić information content (AvgIpc) is 3.11. The molecule has 6 nitrogen and oxygen atoms in total. The number of benzene rings is 2. The van der Waals surface area contributed by atoms with E-state index in [-0.39, 0.29) is 5.43 Å². The van der Waals surface area contributed by atoms with Gasteiger partial charge >= 0.3 is 0 Å². The minimum atomic E-state index is -0.451. The van der Waals surface area contributed by atoms with Gasteiger partial charge in [-0.2, -0.15) is 0 Å². The zero-order valence-corrected chi connectivity index (χ0v) is 14.7. The number of amidine groups is 1. The SMILES string of the molecule is CC(N)=Nc1ccc2oc(C3=COC(Cc4ccccc4)O3)cc(=O)c2c1. The molecule has 0 saturated carbocycles. The van der Waals surface area contributed by atoms with E-state index >= 15 is 0 Å². The van der Waals surface area contributed by atoms with Crippen LogP contribution in [0.3, 0.4) is 0 Å². The average molecular weight is 362 g/mol. The van der Waals surface area contributed by atoms with E-state index in [0.717, 1.165) is 5.56 Å². The lowest BCUT2D eigenvalue weighted by Gasteiger charge is -2.11. The normalized spacial score (nSPS) is 16.7. The molecule has 2 aromatic carbocycles. The van der Waals surface area contributed by atoms with Crippen LogP contribution in [0.2, 0.25) is 0 Å². The number of ether oxygens (including phenoxy) is 2. The molecule has 0 radical (unpaired) electrons. The van der Waals surface area contributed by atoms with Gasteiger partial charge in [0.05, 0.1) is 16.9 Å². The molecule has 136 valence electrons. The van der Waals surface area contributed by atoms with Crippen molar-refractivity contribution in [3.05, 3.63) is 82.4 Å². The van der Waals surface area contributed by atoms with Gasteiger partial charge in [-0.15, -0.1) is 0 Å². The first-order valence-corrected chi connectivity index (χ1v) is 8.54. The van der Waals surface area contributed by atoms with Gasteiger partial charge in [-0.25, -0.2) is 4.99 Å². The second kappa shape index (κ2) is 6.99. The molecule has 0 amide bonds. The molecule has 0 aliphatic carbocycles. The van der Waals surface area contributed by atoms with E-state index in [9.17, 15) is 4.79 Å². The molecule has 2 heterocycles. The quantitative estimate of drug-likeness (QED) is 0.565. The Morgan fingerprint density at radius 2 is 1.96 bits per heavy atom. The zero-order chi connectivity index (χ0) is 18.8. The number of aliphatic imine (C=N–C) groups is 1. The van der Waals surface area contributed by atoms with Crippen LogP contribution in [0.1, 0.15) is 18.2 Å². The molecule has 27 heavy (non-hydrogen) atoms. The van der Waals surface area contributed by atoms with Crippen LogP contribution in [0.4, 0.5) is 5.69 Å². The highest BCUT2D eigenvalue weighted by Crippen LogP contribution is 2.28. The molecule has 1 unspecified atom stereocenters. The third-order valence-corrected chi connectivity index (χ3v) is 4.09. The Bertz CT molecular complexity index is 1100. The fraction of sp³-hybridized carbons (Fsp3) is 0.143. The number of rotatable bonds is 4. The van der Waals surface area contributed by atoms with Crippen molar-refractivity contribution in [1.82, 2.24) is 0 Å². The molecular formula is C21H18N2O4. The maximum Gasteiger partial charge on any atom is 0.244 e. The Hall–Kier alpha value is -3.54. The molecule has 3 aromatic rings. The summed E-state index contributed by atoms with van der Waals surface area (Å²) in [6.45, 7) is 1.69. The van der Waals surface area contributed by atoms with Gasteiger partial charge < -0.3 is 19.6 Å². The first kappa shape index (κ1) is 16.9. The molecule has 2 N–H and O–H groups in total. The number of nitrogens with two attached hydrogens (primary N) is 1. The van der Waals surface area contributed by atoms with Gasteiger partial charge in [-0.3, -0.25) is 4.79 Å². The zero-order valence-electron chi connectivity index (χ0n) is 14.7. The van der Waals surface area contributed by atoms with Crippen LogP contribution in [-0.2, 0) is 15.9 Å². The van der Waals surface area contributed by atoms with E-state index in [4.69, 9.17) is 19.6 Å². The van der Waals surface area contributed by atoms with Gasteiger partial charge in [0.2, 0.25) is 12.0 Å². The summed E-state index contributed by atoms with van der Waals surface area (Å²) in [6, 6.07) is 16.4. The highest BCUT2D eigenvalue weighted by molar-refractivity contribution is 5.85. The predicted octanol–water partition coefficient (Wildman–Crippen LogP) is 3.72. The fourth-order valence-electron chi connectivity index (χ4n) is 2.89. The molecule has 4 rings (SSSR count). The van der Waals surface area contributed by atoms with Crippen molar-refractivity contribution in [2.45, 2.75) is 19.6 Å². The van der Waals surface area contributed by atoms with Crippen LogP contribution in [0, 0.1) is 0 Å². The molecule has 0 saturated heterocycles. The molecule has 1 atom stereocenters. The molecule has 0 fully saturated rings. The first-order valence-electron chi connectivity index (χ1n) is 8.54. The van der Waals surface area contributed by atoms with Crippen LogP contribution >= 0.6 is 0 Å². The van der Waals surface area contributed by atoms with E-state index < -0.39 is 6.29 Å². The Morgan fingerprint density at radius 3 is 2.74 bits per heavy atom. The summed E-state index contributed by atoms with van der Waals surface area (Å²) in [4.78, 5) is 16.7. The molecule has 1 aliphatic heterocycles. The van der Waals surface area contributed by atoms with Crippen molar-refractivity contribution < 1.29 is 13.9 Å². The number of fused-ring (bicyclic) bond motifs is 1. The minimum absolute atomic E-state index is 0.186. The second-order valence-electron chi connectivity index (χ2n) is 6.26. The lowest BCUT2D eigenvalue weighted by atomic mass is 10.1. The monoisotopic (exact) mass is 362 g/mol. The summed E-state index contributed by atoms with van der Waals surface area (Å²) in [7, 11) is 0. The van der Waals surface area contributed by atoms with Gasteiger partial charge in [-0.1, -0.05) is 30.3 Å². The van der Waals surface area contributed by atoms with Crippen molar-refractivity contribution in [2.75, 3.05) is 0 Å². The van der Waals surface area contributed by atoms with Crippen molar-refractivity contribution in [3.8, 4) is 0 Å². The van der Waals surface area contributed by atoms with Crippen molar-refractivity contribution in [2.24, 2.45) is 10.7 Å². The van der Waals surface area contributed by atoms with Crippen LogP contribution in [0.15, 0.2) is 75.1 Å². The predicted molar refractivity (Wildman–Crippen MR) is 104 cm³/mol. The minimum Gasteiger partial charge on any atom is -0.458 e. The third-order valence-electron chi connectivity index (χ3n) is 4.09. The molecule has 0 spiro atoms. The Kier molecular flexibility index (Phi) is 4.38. The molecular weight excluding hydrogens is 344 g/mol. The van der Waals surface area contributed by atoms with E-state index in [0.29, 0.717) is 40.4 Å². The standard InChI is InChI=1S/C21H18N2O4/c1-13(22)23-15-7-8-18-16(10-15)17(24)11-19(26-18)20-12-25-21(27-20)9-14-5-3-2-4-6-14/h2-8,10-12,21H,9H2,1H3,(H2,22,23). The van der Waals surface area contributed by atoms with Crippen molar-refractivity contribution >= 4 is 28.3 Å². The Balaban J connectivity index is 1.57. The first-order chi connectivity index (χ1) is 13.1. The van der Waals surface area contributed by atoms with Crippen LogP contribution in [-0.4, -0.2) is 12.1 Å². The van der Waals surface area contributed by atoms with E-state index in [1.165, 1.54) is 12.3 Å². The smallest absolute Gasteiger partial charge is 0.244 e. The Morgan fingerprint density at radius 1 is 1.15 bits per heavy atom. The van der Waals surface area contributed by atoms with Crippen LogP contribution in [0.25, 0.3) is 16.7 Å². The van der Waals surface area contributed by atoms with Gasteiger partial charge in [-0.05, 0) is 30.7 Å². The largest absolute Gasteiger partial charge is 0.458 e. The molecule has 0 bridgehead atoms. The van der Waals surface area contributed by atoms with Crippen LogP contribution < -0.4 is 11.2 Å². The van der Waals surface area contributed by atoms with E-state index in [1.54, 1.807) is 25.1 Å². The lowest BCUT2D eigenvalue weighted by Crippen LogP contribution is -2.12. The number of hydrogen-bond acceptors (Lipinski definition) is 5. The number of nitrogens with zero attached hydrogens (tertiary/aromatic N) is 1. The van der Waals surface area contributed by atoms with Gasteiger partial charge in [0.15, 0.2) is 11.2 Å². The van der Waals surface area contributed by atoms with Gasteiger partial charge in [0.1, 0.15) is 11.8 Å². The lowest BCUT2D eigenvalue weighted by molar-refractivity contribution is -0.0144. The Labute approximate surface area is 155 Å². The van der Waals surface area contributed by atoms with E-state index in [2.05, 4.69) is 4.99 Å². The summed E-state index contributed by atoms with van der Waals surface area (Å²) in [6.07, 6.45) is 1.62. The van der Waals surface area contributed by atoms with E-state index in [1.807, 2.05) is 30.3 Å². The third kappa shape index (κ3) is 3.69. The highest BCUT2D eigenvalue weighted by Gasteiger charge is 2.23. The highest BCUT2D eigenvalue weighted by atomic mass is 16.7. The van der Waals surface area contributed by atoms with Crippen molar-refractivity contribution in [3.63, 3.8) is 0 Å². The molecule has 1 aliphatic rings. The molecule has 1 aromatic heterocycles. The summed E-state index contributed by atoms with van der Waals surface area (Å²) in [5.41, 5.74) is 7.55.